The summed E-state index contributed by atoms with van der Waals surface area (Å²) in [7, 11) is 2.04. The molecule has 0 saturated heterocycles. The van der Waals surface area contributed by atoms with Crippen LogP contribution in [0.15, 0.2) is 17.0 Å². The molecule has 0 bridgehead atoms. The molecule has 7 heteroatoms. The molecule has 1 aromatic rings. The van der Waals surface area contributed by atoms with Crippen LogP contribution in [0.1, 0.15) is 18.4 Å². The van der Waals surface area contributed by atoms with Crippen LogP contribution in [-0.2, 0) is 16.4 Å². The fourth-order valence-corrected chi connectivity index (χ4v) is 4.19. The average Bonchev–Trinajstić information content (AvgIpc) is 2.89. The molecule has 1 aromatic carbocycles. The van der Waals surface area contributed by atoms with Crippen LogP contribution in [0.25, 0.3) is 0 Å². The number of hydrogen-bond donors (Lipinski definition) is 0. The molecule has 2 rings (SSSR count). The second-order valence-electron chi connectivity index (χ2n) is 5.83. The molecule has 22 heavy (non-hydrogen) atoms. The number of halogens is 1. The quantitative estimate of drug-likeness (QED) is 0.710. The van der Waals surface area contributed by atoms with E-state index >= 15 is 0 Å². The lowest BCUT2D eigenvalue weighted by Crippen LogP contribution is -2.29. The highest BCUT2D eigenvalue weighted by Crippen LogP contribution is 2.36. The number of fused-ring (bicyclic) bond motifs is 1. The van der Waals surface area contributed by atoms with Crippen molar-refractivity contribution in [3.63, 3.8) is 0 Å². The third kappa shape index (κ3) is 3.93. The third-order valence-corrected chi connectivity index (χ3v) is 5.81. The number of hydrogen-bond acceptors (Lipinski definition) is 4. The maximum atomic E-state index is 12.7. The van der Waals surface area contributed by atoms with Gasteiger partial charge in [-0.25, -0.2) is 12.7 Å². The first-order chi connectivity index (χ1) is 10.3. The van der Waals surface area contributed by atoms with Gasteiger partial charge in [0.05, 0.1) is 6.61 Å². The van der Waals surface area contributed by atoms with E-state index < -0.39 is 10.0 Å². The minimum atomic E-state index is -3.58. The molecule has 5 nitrogen and oxygen atoms in total. The molecule has 1 aliphatic rings. The fourth-order valence-electron chi connectivity index (χ4n) is 2.48. The maximum absolute atomic E-state index is 12.7. The van der Waals surface area contributed by atoms with Crippen LogP contribution in [-0.4, -0.2) is 58.5 Å². The zero-order valence-corrected chi connectivity index (χ0v) is 14.9. The first kappa shape index (κ1) is 17.5. The Bertz CT molecular complexity index is 632. The van der Waals surface area contributed by atoms with Crippen molar-refractivity contribution in [3.05, 3.63) is 22.7 Å². The highest BCUT2D eigenvalue weighted by molar-refractivity contribution is 7.89. The van der Waals surface area contributed by atoms with Crippen molar-refractivity contribution in [1.82, 2.24) is 9.21 Å². The molecule has 0 saturated carbocycles. The van der Waals surface area contributed by atoms with E-state index in [1.165, 1.54) is 10.4 Å². The molecule has 0 fully saturated rings. The standard InChI is InChI=1S/C15H23ClN2O3S/c1-17(2)7-4-5-8-18(3)22(19,20)14-11-13(16)10-12-6-9-21-15(12)14/h10-11H,4-9H2,1-3H3. The summed E-state index contributed by atoms with van der Waals surface area (Å²) in [6.45, 7) is 1.94. The molecule has 0 atom stereocenters. The van der Waals surface area contributed by atoms with Gasteiger partial charge in [-0.05, 0) is 45.6 Å². The number of sulfonamides is 1. The predicted octanol–water partition coefficient (Wildman–Crippen LogP) is 2.24. The first-order valence-corrected chi connectivity index (χ1v) is 9.20. The minimum absolute atomic E-state index is 0.183. The van der Waals surface area contributed by atoms with Crippen molar-refractivity contribution < 1.29 is 13.2 Å². The number of benzene rings is 1. The average molecular weight is 347 g/mol. The van der Waals surface area contributed by atoms with E-state index in [4.69, 9.17) is 16.3 Å². The second-order valence-corrected chi connectivity index (χ2v) is 8.28. The second kappa shape index (κ2) is 7.17. The van der Waals surface area contributed by atoms with Crippen molar-refractivity contribution >= 4 is 21.6 Å². The van der Waals surface area contributed by atoms with Crippen LogP contribution >= 0.6 is 11.6 Å². The van der Waals surface area contributed by atoms with Gasteiger partial charge in [0.25, 0.3) is 0 Å². The molecule has 124 valence electrons. The van der Waals surface area contributed by atoms with Gasteiger partial charge < -0.3 is 9.64 Å². The molecule has 1 heterocycles. The minimum Gasteiger partial charge on any atom is -0.492 e. The van der Waals surface area contributed by atoms with E-state index in [1.54, 1.807) is 13.1 Å². The number of rotatable bonds is 7. The summed E-state index contributed by atoms with van der Waals surface area (Å²) >= 11 is 6.06. The maximum Gasteiger partial charge on any atom is 0.246 e. The molecular formula is C15H23ClN2O3S. The Labute approximate surface area is 137 Å². The molecular weight excluding hydrogens is 324 g/mol. The number of nitrogens with zero attached hydrogens (tertiary/aromatic N) is 2. The van der Waals surface area contributed by atoms with Gasteiger partial charge in [-0.2, -0.15) is 0 Å². The summed E-state index contributed by atoms with van der Waals surface area (Å²) in [4.78, 5) is 2.27. The summed E-state index contributed by atoms with van der Waals surface area (Å²) in [5.74, 6) is 0.463. The smallest absolute Gasteiger partial charge is 0.246 e. The van der Waals surface area contributed by atoms with Crippen molar-refractivity contribution in [2.75, 3.05) is 40.8 Å². The van der Waals surface area contributed by atoms with Gasteiger partial charge in [-0.15, -0.1) is 0 Å². The Kier molecular flexibility index (Phi) is 5.71. The Morgan fingerprint density at radius 3 is 2.55 bits per heavy atom. The summed E-state index contributed by atoms with van der Waals surface area (Å²) in [6, 6.07) is 3.26. The third-order valence-electron chi connectivity index (χ3n) is 3.73. The van der Waals surface area contributed by atoms with E-state index in [2.05, 4.69) is 4.90 Å². The lowest BCUT2D eigenvalue weighted by atomic mass is 10.2. The van der Waals surface area contributed by atoms with Gasteiger partial charge in [-0.1, -0.05) is 11.6 Å². The van der Waals surface area contributed by atoms with Crippen LogP contribution in [0.3, 0.4) is 0 Å². The zero-order chi connectivity index (χ0) is 16.3. The molecule has 0 spiro atoms. The van der Waals surface area contributed by atoms with Crippen LogP contribution in [0.4, 0.5) is 0 Å². The highest BCUT2D eigenvalue weighted by Gasteiger charge is 2.29. The molecule has 0 N–H and O–H groups in total. The number of unbranched alkanes of at least 4 members (excludes halogenated alkanes) is 1. The summed E-state index contributed by atoms with van der Waals surface area (Å²) in [5, 5.41) is 0.434. The molecule has 0 aliphatic carbocycles. The van der Waals surface area contributed by atoms with Gasteiger partial charge in [0.2, 0.25) is 10.0 Å². The lowest BCUT2D eigenvalue weighted by molar-refractivity contribution is 0.346. The van der Waals surface area contributed by atoms with E-state index in [-0.39, 0.29) is 4.90 Å². The van der Waals surface area contributed by atoms with Crippen LogP contribution < -0.4 is 4.74 Å². The highest BCUT2D eigenvalue weighted by atomic mass is 35.5. The lowest BCUT2D eigenvalue weighted by Gasteiger charge is -2.19. The summed E-state index contributed by atoms with van der Waals surface area (Å²) in [5.41, 5.74) is 0.868. The Balaban J connectivity index is 2.13. The summed E-state index contributed by atoms with van der Waals surface area (Å²) < 4.78 is 32.4. The van der Waals surface area contributed by atoms with Crippen LogP contribution in [0.2, 0.25) is 5.02 Å². The van der Waals surface area contributed by atoms with Gasteiger partial charge in [0, 0.05) is 30.6 Å². The molecule has 0 unspecified atom stereocenters. The van der Waals surface area contributed by atoms with Crippen molar-refractivity contribution in [2.24, 2.45) is 0 Å². The van der Waals surface area contributed by atoms with Gasteiger partial charge in [-0.3, -0.25) is 0 Å². The van der Waals surface area contributed by atoms with E-state index in [1.807, 2.05) is 14.1 Å². The van der Waals surface area contributed by atoms with Gasteiger partial charge in [0.1, 0.15) is 10.6 Å². The first-order valence-electron chi connectivity index (χ1n) is 7.38. The largest absolute Gasteiger partial charge is 0.492 e. The molecule has 0 amide bonds. The van der Waals surface area contributed by atoms with Crippen LogP contribution in [0.5, 0.6) is 5.75 Å². The Morgan fingerprint density at radius 2 is 1.86 bits per heavy atom. The topological polar surface area (TPSA) is 49.9 Å². The van der Waals surface area contributed by atoms with Gasteiger partial charge in [0.15, 0.2) is 0 Å². The normalized spacial score (nSPS) is 14.5. The summed E-state index contributed by atoms with van der Waals surface area (Å²) in [6.07, 6.45) is 2.47. The van der Waals surface area contributed by atoms with Crippen molar-refractivity contribution in [2.45, 2.75) is 24.2 Å². The Hall–Kier alpha value is -0.820. The molecule has 0 radical (unpaired) electrons. The molecule has 0 aromatic heterocycles. The van der Waals surface area contributed by atoms with E-state index in [0.29, 0.717) is 30.3 Å². The van der Waals surface area contributed by atoms with E-state index in [0.717, 1.165) is 24.9 Å². The molecule has 1 aliphatic heterocycles. The zero-order valence-electron chi connectivity index (χ0n) is 13.3. The van der Waals surface area contributed by atoms with Gasteiger partial charge >= 0.3 is 0 Å². The van der Waals surface area contributed by atoms with Crippen molar-refractivity contribution in [1.29, 1.82) is 0 Å². The van der Waals surface area contributed by atoms with Crippen molar-refractivity contribution in [3.8, 4) is 5.75 Å². The Morgan fingerprint density at radius 1 is 1.18 bits per heavy atom. The number of ether oxygens (including phenoxy) is 1. The monoisotopic (exact) mass is 346 g/mol. The van der Waals surface area contributed by atoms with Crippen LogP contribution in [0, 0.1) is 0 Å². The SMILES string of the molecule is CN(C)CCCCN(C)S(=O)(=O)c1cc(Cl)cc2c1OCC2. The fraction of sp³-hybridized carbons (Fsp3) is 0.600. The van der Waals surface area contributed by atoms with E-state index in [9.17, 15) is 8.42 Å². The predicted molar refractivity (Wildman–Crippen MR) is 88.3 cm³/mol.